The summed E-state index contributed by atoms with van der Waals surface area (Å²) >= 11 is 0. The Hall–Kier alpha value is -2.49. The van der Waals surface area contributed by atoms with Crippen molar-refractivity contribution in [1.82, 2.24) is 26.8 Å². The fourth-order valence-corrected chi connectivity index (χ4v) is 5.78. The molecule has 0 bridgehead atoms. The van der Waals surface area contributed by atoms with E-state index in [1.54, 1.807) is 7.11 Å². The van der Waals surface area contributed by atoms with Crippen molar-refractivity contribution in [1.29, 1.82) is 0 Å². The molecule has 8 nitrogen and oxygen atoms in total. The molecule has 1 spiro atoms. The van der Waals surface area contributed by atoms with Gasteiger partial charge < -0.3 is 14.4 Å². The molecule has 2 aromatic carbocycles. The lowest BCUT2D eigenvalue weighted by molar-refractivity contribution is -0.140. The summed E-state index contributed by atoms with van der Waals surface area (Å²) in [5.41, 5.74) is 16.9. The van der Waals surface area contributed by atoms with E-state index >= 15 is 0 Å². The van der Waals surface area contributed by atoms with Gasteiger partial charge in [0.2, 0.25) is 0 Å². The van der Waals surface area contributed by atoms with E-state index in [9.17, 15) is 4.79 Å². The van der Waals surface area contributed by atoms with Crippen LogP contribution >= 0.6 is 0 Å². The molecule has 2 aromatic rings. The van der Waals surface area contributed by atoms with Crippen molar-refractivity contribution in [2.24, 2.45) is 5.41 Å². The Labute approximate surface area is 193 Å². The molecule has 1 amide bonds. The maximum Gasteiger partial charge on any atom is 0.251 e. The van der Waals surface area contributed by atoms with Gasteiger partial charge in [-0.05, 0) is 65.8 Å². The fourth-order valence-electron chi connectivity index (χ4n) is 5.78. The van der Waals surface area contributed by atoms with Gasteiger partial charge >= 0.3 is 0 Å². The van der Waals surface area contributed by atoms with Crippen LogP contribution in [0, 0.1) is 5.41 Å². The second-order valence-electron chi connectivity index (χ2n) is 9.68. The number of ether oxygens (including phenoxy) is 2. The molecule has 1 saturated carbocycles. The molecule has 3 aliphatic heterocycles. The minimum absolute atomic E-state index is 0.0251. The molecule has 0 aromatic heterocycles. The first-order chi connectivity index (χ1) is 16.2. The monoisotopic (exact) mass is 449 g/mol. The molecule has 0 radical (unpaired) electrons. The molecule has 174 valence electrons. The fraction of sp³-hybridized carbons (Fsp3) is 0.480. The summed E-state index contributed by atoms with van der Waals surface area (Å²) in [7, 11) is 1.71. The number of nitrogens with one attached hydrogen (secondary N) is 4. The topological polar surface area (TPSA) is 86.9 Å². The molecule has 8 heteroatoms. The molecule has 4 fully saturated rings. The summed E-state index contributed by atoms with van der Waals surface area (Å²) in [6.45, 7) is 2.46. The highest BCUT2D eigenvalue weighted by atomic mass is 16.5. The molecule has 0 unspecified atom stereocenters. The van der Waals surface area contributed by atoms with Gasteiger partial charge in [0, 0.05) is 25.3 Å². The van der Waals surface area contributed by atoms with E-state index in [1.807, 2.05) is 12.1 Å². The first-order valence-electron chi connectivity index (χ1n) is 11.9. The van der Waals surface area contributed by atoms with E-state index in [4.69, 9.17) is 9.47 Å². The van der Waals surface area contributed by atoms with Crippen molar-refractivity contribution in [3.8, 4) is 16.9 Å². The zero-order valence-corrected chi connectivity index (χ0v) is 18.9. The van der Waals surface area contributed by atoms with Crippen molar-refractivity contribution in [2.75, 3.05) is 26.8 Å². The van der Waals surface area contributed by atoms with Gasteiger partial charge in [0.25, 0.3) is 5.91 Å². The van der Waals surface area contributed by atoms with E-state index in [-0.39, 0.29) is 23.6 Å². The van der Waals surface area contributed by atoms with Gasteiger partial charge in [-0.15, -0.1) is 0 Å². The average molecular weight is 450 g/mol. The number of carbonyl (C=O) groups excluding carboxylic acids is 1. The molecule has 6 rings (SSSR count). The van der Waals surface area contributed by atoms with E-state index in [0.717, 1.165) is 61.4 Å². The van der Waals surface area contributed by atoms with Crippen molar-refractivity contribution in [2.45, 2.75) is 43.9 Å². The van der Waals surface area contributed by atoms with Gasteiger partial charge in [0.1, 0.15) is 18.0 Å². The number of amides is 1. The van der Waals surface area contributed by atoms with Crippen LogP contribution in [0.2, 0.25) is 0 Å². The summed E-state index contributed by atoms with van der Waals surface area (Å²) in [6.07, 6.45) is 3.90. The standard InChI is InChI=1S/C25H31N5O3/c1-32-21-9-8-18(23-26-28-29-27-23)13-19(21)16-4-6-17(7-5-16)20-14-25(20)10-11-30(15-25)24(31)22-3-2-12-33-22/h4-9,13,20,22-23,26-29H,2-3,10-12,14-15H2,1H3/t20-,22+,25-/m0/s1. The molecule has 3 heterocycles. The normalized spacial score (nSPS) is 29.2. The summed E-state index contributed by atoms with van der Waals surface area (Å²) < 4.78 is 11.3. The summed E-state index contributed by atoms with van der Waals surface area (Å²) in [5, 5.41) is 0. The van der Waals surface area contributed by atoms with Gasteiger partial charge in [-0.25, -0.2) is 10.9 Å². The molecule has 4 aliphatic rings. The zero-order valence-electron chi connectivity index (χ0n) is 18.9. The van der Waals surface area contributed by atoms with Crippen LogP contribution in [0.25, 0.3) is 11.1 Å². The highest BCUT2D eigenvalue weighted by Crippen LogP contribution is 2.64. The van der Waals surface area contributed by atoms with Crippen LogP contribution in [0.4, 0.5) is 0 Å². The lowest BCUT2D eigenvalue weighted by atomic mass is 9.95. The number of rotatable bonds is 5. The molecule has 1 aliphatic carbocycles. The van der Waals surface area contributed by atoms with Crippen molar-refractivity contribution < 1.29 is 14.3 Å². The number of hydrogen-bond donors (Lipinski definition) is 4. The molecule has 3 saturated heterocycles. The number of hydrazine groups is 3. The van der Waals surface area contributed by atoms with Crippen LogP contribution < -0.4 is 26.7 Å². The molecule has 4 N–H and O–H groups in total. The Bertz CT molecular complexity index is 1030. The average Bonchev–Trinajstić information content (AvgIpc) is 3.38. The predicted octanol–water partition coefficient (Wildman–Crippen LogP) is 2.36. The maximum atomic E-state index is 12.8. The highest BCUT2D eigenvalue weighted by Gasteiger charge is 2.58. The van der Waals surface area contributed by atoms with Crippen LogP contribution in [0.5, 0.6) is 5.75 Å². The molecule has 3 atom stereocenters. The van der Waals surface area contributed by atoms with Crippen LogP contribution in [-0.2, 0) is 9.53 Å². The Morgan fingerprint density at radius 3 is 2.64 bits per heavy atom. The number of hydrogen-bond acceptors (Lipinski definition) is 7. The Morgan fingerprint density at radius 1 is 1.12 bits per heavy atom. The third-order valence-corrected chi connectivity index (χ3v) is 7.77. The Balaban J connectivity index is 1.17. The van der Waals surface area contributed by atoms with Crippen LogP contribution in [0.1, 0.15) is 48.9 Å². The molecule has 33 heavy (non-hydrogen) atoms. The minimum atomic E-state index is -0.205. The number of carbonyl (C=O) groups is 1. The summed E-state index contributed by atoms with van der Waals surface area (Å²) in [4.78, 5) is 14.8. The van der Waals surface area contributed by atoms with Gasteiger partial charge in [-0.3, -0.25) is 4.79 Å². The van der Waals surface area contributed by atoms with E-state index in [0.29, 0.717) is 5.92 Å². The zero-order chi connectivity index (χ0) is 22.4. The van der Waals surface area contributed by atoms with Crippen molar-refractivity contribution >= 4 is 5.91 Å². The van der Waals surface area contributed by atoms with Crippen LogP contribution in [0.15, 0.2) is 42.5 Å². The van der Waals surface area contributed by atoms with Gasteiger partial charge in [0.15, 0.2) is 0 Å². The first kappa shape index (κ1) is 21.1. The van der Waals surface area contributed by atoms with Gasteiger partial charge in [-0.2, -0.15) is 11.1 Å². The molecular formula is C25H31N5O3. The third kappa shape index (κ3) is 3.82. The summed E-state index contributed by atoms with van der Waals surface area (Å²) in [5.74, 6) is 1.59. The number of likely N-dealkylation sites (tertiary alicyclic amines) is 1. The van der Waals surface area contributed by atoms with Crippen LogP contribution in [0.3, 0.4) is 0 Å². The number of benzene rings is 2. The lowest BCUT2D eigenvalue weighted by Crippen LogP contribution is -2.37. The Kier molecular flexibility index (Phi) is 5.35. The van der Waals surface area contributed by atoms with Gasteiger partial charge in [-0.1, -0.05) is 30.3 Å². The van der Waals surface area contributed by atoms with Crippen molar-refractivity contribution in [3.63, 3.8) is 0 Å². The van der Waals surface area contributed by atoms with E-state index in [1.165, 1.54) is 12.0 Å². The third-order valence-electron chi connectivity index (χ3n) is 7.77. The van der Waals surface area contributed by atoms with E-state index in [2.05, 4.69) is 57.2 Å². The second kappa shape index (κ2) is 8.38. The number of nitrogens with zero attached hydrogens (tertiary/aromatic N) is 1. The maximum absolute atomic E-state index is 12.8. The minimum Gasteiger partial charge on any atom is -0.496 e. The SMILES string of the molecule is COc1ccc(C2NNNN2)cc1-c1ccc([C@@H]2C[C@]23CCN(C(=O)[C@H]2CCCO2)C3)cc1. The van der Waals surface area contributed by atoms with Crippen LogP contribution in [-0.4, -0.2) is 43.7 Å². The largest absolute Gasteiger partial charge is 0.496 e. The van der Waals surface area contributed by atoms with Crippen molar-refractivity contribution in [3.05, 3.63) is 53.6 Å². The highest BCUT2D eigenvalue weighted by molar-refractivity contribution is 5.81. The van der Waals surface area contributed by atoms with Gasteiger partial charge in [0.05, 0.1) is 7.11 Å². The molecular weight excluding hydrogens is 418 g/mol. The van der Waals surface area contributed by atoms with E-state index < -0.39 is 0 Å². The number of methoxy groups -OCH3 is 1. The smallest absolute Gasteiger partial charge is 0.251 e. The quantitative estimate of drug-likeness (QED) is 0.558. The Morgan fingerprint density at radius 2 is 1.91 bits per heavy atom. The first-order valence-corrected chi connectivity index (χ1v) is 11.9. The summed E-state index contributed by atoms with van der Waals surface area (Å²) in [6, 6.07) is 15.1. The lowest BCUT2D eigenvalue weighted by Gasteiger charge is -2.20. The second-order valence-corrected chi connectivity index (χ2v) is 9.68. The predicted molar refractivity (Wildman–Crippen MR) is 124 cm³/mol.